The van der Waals surface area contributed by atoms with Gasteiger partial charge in [0.05, 0.1) is 0 Å². The van der Waals surface area contributed by atoms with Gasteiger partial charge in [-0.1, -0.05) is 18.2 Å². The van der Waals surface area contributed by atoms with Gasteiger partial charge < -0.3 is 10.5 Å². The molecule has 0 aromatic heterocycles. The van der Waals surface area contributed by atoms with Gasteiger partial charge in [0.2, 0.25) is 0 Å². The Morgan fingerprint density at radius 2 is 1.91 bits per heavy atom. The minimum atomic E-state index is -1.36. The quantitative estimate of drug-likeness (QED) is 0.861. The number of carbonyl (C=O) groups excluding carboxylic acids is 1. The van der Waals surface area contributed by atoms with E-state index < -0.39 is 33.7 Å². The molecular formula is C15H20FN2O3S+. The highest BCUT2D eigenvalue weighted by molar-refractivity contribution is 7.85. The zero-order valence-electron chi connectivity index (χ0n) is 12.2. The molecule has 2 N–H and O–H groups in total. The van der Waals surface area contributed by atoms with Gasteiger partial charge in [0.1, 0.15) is 0 Å². The molecule has 0 saturated carbocycles. The average Bonchev–Trinajstić information content (AvgIpc) is 2.81. The third-order valence-electron chi connectivity index (χ3n) is 4.59. The second-order valence-corrected chi connectivity index (χ2v) is 7.50. The molecule has 1 amide bonds. The number of cyclic esters (lactones) is 1. The summed E-state index contributed by atoms with van der Waals surface area (Å²) < 4.78 is 31.2. The number of rotatable bonds is 3. The highest BCUT2D eigenvalue weighted by atomic mass is 32.2. The molecular weight excluding hydrogens is 307 g/mol. The first-order chi connectivity index (χ1) is 10.6. The summed E-state index contributed by atoms with van der Waals surface area (Å²) in [7, 11) is -0.839. The number of quaternary nitrogens is 1. The minimum absolute atomic E-state index is 0.0668. The topological polar surface area (TPSA) is 69.4 Å². The summed E-state index contributed by atoms with van der Waals surface area (Å²) in [6.45, 7) is 0.0900. The van der Waals surface area contributed by atoms with Crippen LogP contribution in [0.15, 0.2) is 30.3 Å². The zero-order valence-corrected chi connectivity index (χ0v) is 13.0. The van der Waals surface area contributed by atoms with Crippen LogP contribution >= 0.6 is 0 Å². The second kappa shape index (κ2) is 6.06. The summed E-state index contributed by atoms with van der Waals surface area (Å²) in [6.07, 6.45) is -0.296. The van der Waals surface area contributed by atoms with Gasteiger partial charge in [-0.2, -0.15) is 4.79 Å². The molecule has 3 rings (SSSR count). The second-order valence-electron chi connectivity index (χ2n) is 5.81. The van der Waals surface area contributed by atoms with Crippen molar-refractivity contribution < 1.29 is 18.2 Å². The van der Waals surface area contributed by atoms with Crippen LogP contribution in [0.2, 0.25) is 0 Å². The molecule has 2 fully saturated rings. The fourth-order valence-electron chi connectivity index (χ4n) is 3.48. The van der Waals surface area contributed by atoms with E-state index >= 15 is 4.48 Å². The molecule has 1 aromatic carbocycles. The molecule has 3 atom stereocenters. The van der Waals surface area contributed by atoms with E-state index in [4.69, 9.17) is 10.5 Å². The third kappa shape index (κ3) is 2.47. The number of hydrogen-bond acceptors (Lipinski definition) is 4. The Morgan fingerprint density at radius 3 is 2.50 bits per heavy atom. The normalized spacial score (nSPS) is 38.7. The number of carbonyl (C=O) groups is 1. The van der Waals surface area contributed by atoms with Crippen molar-refractivity contribution in [3.05, 3.63) is 30.3 Å². The van der Waals surface area contributed by atoms with Crippen LogP contribution in [-0.4, -0.2) is 40.5 Å². The first-order valence-electron chi connectivity index (χ1n) is 7.47. The first kappa shape index (κ1) is 15.6. The lowest BCUT2D eigenvalue weighted by atomic mass is 9.88. The molecule has 1 aromatic rings. The van der Waals surface area contributed by atoms with Crippen LogP contribution in [0.5, 0.6) is 0 Å². The van der Waals surface area contributed by atoms with Crippen LogP contribution in [-0.2, 0) is 15.5 Å². The van der Waals surface area contributed by atoms with E-state index in [2.05, 4.69) is 0 Å². The lowest BCUT2D eigenvalue weighted by Crippen LogP contribution is -2.56. The van der Waals surface area contributed by atoms with E-state index in [1.165, 1.54) is 0 Å². The lowest BCUT2D eigenvalue weighted by Gasteiger charge is -2.32. The summed E-state index contributed by atoms with van der Waals surface area (Å²) in [6, 6.07) is 7.69. The largest absolute Gasteiger partial charge is 0.562 e. The standard InChI is InChI=1S/C15H20FN2O3S/c16-18(12-4-2-1-3-5-12)14(13(10-17)21-15(18)19)11-6-8-22(20)9-7-11/h1-5,11,13-14H,6-10,17H2/q+1/t11?,13-,14-,18-,22?/m1/s1. The Kier molecular flexibility index (Phi) is 4.29. The van der Waals surface area contributed by atoms with Gasteiger partial charge in [0, 0.05) is 56.1 Å². The van der Waals surface area contributed by atoms with Gasteiger partial charge in [0.15, 0.2) is 17.8 Å². The number of amides is 1. The first-order valence-corrected chi connectivity index (χ1v) is 8.96. The Hall–Kier alpha value is -1.31. The Labute approximate surface area is 131 Å². The van der Waals surface area contributed by atoms with Crippen molar-refractivity contribution in [2.24, 2.45) is 11.7 Å². The smallest absolute Gasteiger partial charge is 0.406 e. The molecule has 120 valence electrons. The highest BCUT2D eigenvalue weighted by Crippen LogP contribution is 2.42. The highest BCUT2D eigenvalue weighted by Gasteiger charge is 2.64. The van der Waals surface area contributed by atoms with Gasteiger partial charge in [-0.3, -0.25) is 4.21 Å². The maximum atomic E-state index is 15.8. The van der Waals surface area contributed by atoms with Crippen molar-refractivity contribution >= 4 is 22.6 Å². The molecule has 2 saturated heterocycles. The summed E-state index contributed by atoms with van der Waals surface area (Å²) >= 11 is 0. The molecule has 0 aliphatic carbocycles. The van der Waals surface area contributed by atoms with Crippen molar-refractivity contribution in [3.63, 3.8) is 0 Å². The van der Waals surface area contributed by atoms with Crippen molar-refractivity contribution in [1.29, 1.82) is 0 Å². The SMILES string of the molecule is NC[C@H]1OC(=O)[N@@+](F)(c2ccccc2)[C@@H]1C1CCS(=O)CC1. The van der Waals surface area contributed by atoms with Crippen molar-refractivity contribution in [2.45, 2.75) is 25.0 Å². The van der Waals surface area contributed by atoms with Crippen LogP contribution in [0.1, 0.15) is 12.8 Å². The predicted octanol–water partition coefficient (Wildman–Crippen LogP) is 1.88. The van der Waals surface area contributed by atoms with Gasteiger partial charge >= 0.3 is 6.09 Å². The molecule has 5 nitrogen and oxygen atoms in total. The number of hydrogen-bond donors (Lipinski definition) is 1. The fourth-order valence-corrected chi connectivity index (χ4v) is 4.82. The van der Waals surface area contributed by atoms with E-state index in [0.717, 1.165) is 0 Å². The third-order valence-corrected chi connectivity index (χ3v) is 5.97. The molecule has 2 aliphatic heterocycles. The van der Waals surface area contributed by atoms with Crippen LogP contribution in [0.25, 0.3) is 0 Å². The van der Waals surface area contributed by atoms with Gasteiger partial charge in [-0.05, 0) is 12.8 Å². The number of nitrogens with two attached hydrogens (primary N) is 1. The minimum Gasteiger partial charge on any atom is -0.406 e. The Bertz CT molecular complexity index is 575. The van der Waals surface area contributed by atoms with Gasteiger partial charge in [-0.15, -0.1) is 0 Å². The Balaban J connectivity index is 1.98. The van der Waals surface area contributed by atoms with E-state index in [-0.39, 0.29) is 18.2 Å². The molecule has 0 spiro atoms. The summed E-state index contributed by atoms with van der Waals surface area (Å²) in [5.74, 6) is 1.02. The van der Waals surface area contributed by atoms with Crippen LogP contribution in [0, 0.1) is 5.92 Å². The number of ether oxygens (including phenoxy) is 1. The van der Waals surface area contributed by atoms with E-state index in [1.54, 1.807) is 30.3 Å². The molecule has 7 heteroatoms. The molecule has 2 heterocycles. The molecule has 0 unspecified atom stereocenters. The number of nitrogens with zero attached hydrogens (tertiary/aromatic N) is 1. The zero-order chi connectivity index (χ0) is 15.7. The fraction of sp³-hybridized carbons (Fsp3) is 0.533. The summed E-state index contributed by atoms with van der Waals surface area (Å²) in [4.78, 5) is 12.2. The van der Waals surface area contributed by atoms with Crippen molar-refractivity contribution in [2.75, 3.05) is 18.1 Å². The molecule has 0 bridgehead atoms. The van der Waals surface area contributed by atoms with Crippen LogP contribution in [0.4, 0.5) is 15.0 Å². The van der Waals surface area contributed by atoms with E-state index in [9.17, 15) is 9.00 Å². The maximum absolute atomic E-state index is 15.8. The summed E-state index contributed by atoms with van der Waals surface area (Å²) in [5, 5.41) is 0. The molecule has 22 heavy (non-hydrogen) atoms. The number of para-hydroxylation sites is 1. The lowest BCUT2D eigenvalue weighted by molar-refractivity contribution is 0.0243. The molecule has 0 radical (unpaired) electrons. The Morgan fingerprint density at radius 1 is 1.27 bits per heavy atom. The van der Waals surface area contributed by atoms with Gasteiger partial charge in [0.25, 0.3) is 0 Å². The number of halogens is 1. The monoisotopic (exact) mass is 327 g/mol. The van der Waals surface area contributed by atoms with E-state index in [1.807, 2.05) is 0 Å². The van der Waals surface area contributed by atoms with E-state index in [0.29, 0.717) is 24.3 Å². The van der Waals surface area contributed by atoms with Crippen LogP contribution < -0.4 is 10.4 Å². The maximum Gasteiger partial charge on any atom is 0.562 e. The number of benzene rings is 1. The molecule has 2 aliphatic rings. The van der Waals surface area contributed by atoms with Crippen molar-refractivity contribution in [1.82, 2.24) is 4.71 Å². The van der Waals surface area contributed by atoms with Crippen molar-refractivity contribution in [3.8, 4) is 0 Å². The summed E-state index contributed by atoms with van der Waals surface area (Å²) in [5.41, 5.74) is 5.97. The predicted molar refractivity (Wildman–Crippen MR) is 83.1 cm³/mol. The average molecular weight is 327 g/mol. The van der Waals surface area contributed by atoms with Crippen LogP contribution in [0.3, 0.4) is 0 Å². The van der Waals surface area contributed by atoms with Gasteiger partial charge in [-0.25, -0.2) is 0 Å².